The fourth-order valence-corrected chi connectivity index (χ4v) is 7.13. The summed E-state index contributed by atoms with van der Waals surface area (Å²) in [6.45, 7) is 16.6. The van der Waals surface area contributed by atoms with Crippen LogP contribution in [0.3, 0.4) is 0 Å². The van der Waals surface area contributed by atoms with Crippen LogP contribution in [-0.4, -0.2) is 13.7 Å². The molecule has 0 bridgehead atoms. The van der Waals surface area contributed by atoms with E-state index in [4.69, 9.17) is 4.89 Å². The molecule has 1 fully saturated rings. The standard InChI is InChI=1S/C38H51FO2/c1-9-38(10-2,32-17-15-28(26(3)23-32)16-20-35(29-11-12-29)37(5,6)7)33-18-19-34(27(4)24-33)31-14-13-30(36(39)25-31)21-22-41-40-8/h13-15,17-19,23-25,29,35H,9-12,16,20-22H2,1-8H3. The highest BCUT2D eigenvalue weighted by Gasteiger charge is 2.38. The van der Waals surface area contributed by atoms with Gasteiger partial charge in [0.25, 0.3) is 0 Å². The summed E-state index contributed by atoms with van der Waals surface area (Å²) in [7, 11) is 1.46. The Morgan fingerprint density at radius 2 is 1.46 bits per heavy atom. The summed E-state index contributed by atoms with van der Waals surface area (Å²) in [5.74, 6) is 1.53. The van der Waals surface area contributed by atoms with E-state index in [1.807, 2.05) is 12.1 Å². The largest absolute Gasteiger partial charge is 0.240 e. The average molecular weight is 559 g/mol. The van der Waals surface area contributed by atoms with E-state index >= 15 is 0 Å². The summed E-state index contributed by atoms with van der Waals surface area (Å²) < 4.78 is 14.9. The summed E-state index contributed by atoms with van der Waals surface area (Å²) in [5, 5.41) is 0. The first-order valence-corrected chi connectivity index (χ1v) is 15.7. The molecule has 1 aliphatic rings. The number of hydrogen-bond donors (Lipinski definition) is 0. The highest BCUT2D eigenvalue weighted by molar-refractivity contribution is 5.68. The first-order chi connectivity index (χ1) is 19.5. The van der Waals surface area contributed by atoms with E-state index < -0.39 is 0 Å². The van der Waals surface area contributed by atoms with Crippen molar-refractivity contribution >= 4 is 0 Å². The summed E-state index contributed by atoms with van der Waals surface area (Å²) in [5.41, 5.74) is 9.77. The molecule has 41 heavy (non-hydrogen) atoms. The Balaban J connectivity index is 1.57. The Morgan fingerprint density at radius 3 is 2.00 bits per heavy atom. The minimum atomic E-state index is -0.205. The van der Waals surface area contributed by atoms with Crippen LogP contribution in [0.5, 0.6) is 0 Å². The Labute approximate surface area is 248 Å². The van der Waals surface area contributed by atoms with Gasteiger partial charge in [-0.1, -0.05) is 83.1 Å². The van der Waals surface area contributed by atoms with Crippen LogP contribution in [0.4, 0.5) is 4.39 Å². The molecule has 1 saturated carbocycles. The molecule has 3 heteroatoms. The predicted molar refractivity (Wildman–Crippen MR) is 170 cm³/mol. The molecule has 0 amide bonds. The van der Waals surface area contributed by atoms with Gasteiger partial charge in [0.1, 0.15) is 5.82 Å². The second kappa shape index (κ2) is 13.2. The van der Waals surface area contributed by atoms with E-state index in [2.05, 4.69) is 89.8 Å². The van der Waals surface area contributed by atoms with Gasteiger partial charge in [-0.3, -0.25) is 0 Å². The predicted octanol–water partition coefficient (Wildman–Crippen LogP) is 10.3. The Bertz CT molecular complexity index is 1310. The van der Waals surface area contributed by atoms with Crippen molar-refractivity contribution in [3.63, 3.8) is 0 Å². The fraction of sp³-hybridized carbons (Fsp3) is 0.526. The van der Waals surface area contributed by atoms with Crippen molar-refractivity contribution in [2.45, 2.75) is 98.8 Å². The molecule has 0 heterocycles. The molecule has 0 aromatic heterocycles. The number of benzene rings is 3. The van der Waals surface area contributed by atoms with Crippen LogP contribution in [0.15, 0.2) is 54.6 Å². The third-order valence-corrected chi connectivity index (χ3v) is 9.85. The fourth-order valence-electron chi connectivity index (χ4n) is 7.13. The Morgan fingerprint density at radius 1 is 0.829 bits per heavy atom. The van der Waals surface area contributed by atoms with Crippen LogP contribution >= 0.6 is 0 Å². The van der Waals surface area contributed by atoms with Crippen molar-refractivity contribution in [1.82, 2.24) is 0 Å². The quantitative estimate of drug-likeness (QED) is 0.118. The maximum absolute atomic E-state index is 14.9. The molecule has 0 saturated heterocycles. The zero-order valence-electron chi connectivity index (χ0n) is 26.7. The highest BCUT2D eigenvalue weighted by atomic mass is 19.1. The number of halogens is 1. The molecule has 3 aromatic carbocycles. The van der Waals surface area contributed by atoms with Crippen LogP contribution in [0, 0.1) is 36.9 Å². The third-order valence-electron chi connectivity index (χ3n) is 9.85. The van der Waals surface area contributed by atoms with Gasteiger partial charge >= 0.3 is 0 Å². The van der Waals surface area contributed by atoms with E-state index in [-0.39, 0.29) is 11.2 Å². The Hall–Kier alpha value is -2.49. The van der Waals surface area contributed by atoms with Crippen LogP contribution < -0.4 is 0 Å². The SMILES string of the molecule is CCC(CC)(c1ccc(CCC(C2CC2)C(C)(C)C)c(C)c1)c1ccc(-c2ccc(CCOOC)c(F)c2)c(C)c1. The van der Waals surface area contributed by atoms with Crippen LogP contribution in [0.1, 0.15) is 100 Å². The maximum atomic E-state index is 14.9. The van der Waals surface area contributed by atoms with Crippen molar-refractivity contribution < 1.29 is 14.2 Å². The van der Waals surface area contributed by atoms with Gasteiger partial charge in [-0.15, -0.1) is 0 Å². The lowest BCUT2D eigenvalue weighted by molar-refractivity contribution is -0.271. The number of hydrogen-bond acceptors (Lipinski definition) is 2. The normalized spacial score (nSPS) is 14.9. The summed E-state index contributed by atoms with van der Waals surface area (Å²) in [4.78, 5) is 9.55. The molecule has 0 spiro atoms. The van der Waals surface area contributed by atoms with Gasteiger partial charge in [-0.2, -0.15) is 0 Å². The molecule has 0 aliphatic heterocycles. The van der Waals surface area contributed by atoms with Crippen LogP contribution in [0.2, 0.25) is 0 Å². The second-order valence-corrected chi connectivity index (χ2v) is 13.4. The first-order valence-electron chi connectivity index (χ1n) is 15.7. The minimum Gasteiger partial charge on any atom is -0.240 e. The lowest BCUT2D eigenvalue weighted by atomic mass is 9.69. The van der Waals surface area contributed by atoms with E-state index in [0.717, 1.165) is 35.8 Å². The second-order valence-electron chi connectivity index (χ2n) is 13.4. The monoisotopic (exact) mass is 558 g/mol. The van der Waals surface area contributed by atoms with Gasteiger partial charge in [0.15, 0.2) is 0 Å². The molecular weight excluding hydrogens is 507 g/mol. The van der Waals surface area contributed by atoms with Gasteiger partial charge in [0.2, 0.25) is 0 Å². The third kappa shape index (κ3) is 7.12. The number of rotatable bonds is 13. The molecule has 0 N–H and O–H groups in total. The van der Waals surface area contributed by atoms with Gasteiger partial charge in [-0.05, 0) is 120 Å². The summed E-state index contributed by atoms with van der Waals surface area (Å²) >= 11 is 0. The van der Waals surface area contributed by atoms with E-state index in [1.54, 1.807) is 6.07 Å². The maximum Gasteiger partial charge on any atom is 0.127 e. The van der Waals surface area contributed by atoms with E-state index in [1.165, 1.54) is 60.6 Å². The van der Waals surface area contributed by atoms with Crippen molar-refractivity contribution in [1.29, 1.82) is 0 Å². The lowest BCUT2D eigenvalue weighted by Crippen LogP contribution is -2.26. The van der Waals surface area contributed by atoms with Gasteiger partial charge in [-0.25, -0.2) is 14.2 Å². The average Bonchev–Trinajstić information content (AvgIpc) is 3.76. The van der Waals surface area contributed by atoms with Crippen molar-refractivity contribution in [3.8, 4) is 11.1 Å². The molecule has 222 valence electrons. The van der Waals surface area contributed by atoms with Gasteiger partial charge in [0.05, 0.1) is 13.7 Å². The lowest BCUT2D eigenvalue weighted by Gasteiger charge is -2.35. The zero-order valence-corrected chi connectivity index (χ0v) is 26.7. The van der Waals surface area contributed by atoms with E-state index in [0.29, 0.717) is 24.0 Å². The van der Waals surface area contributed by atoms with Crippen molar-refractivity contribution in [2.75, 3.05) is 13.7 Å². The zero-order chi connectivity index (χ0) is 29.8. The molecule has 1 aliphatic carbocycles. The van der Waals surface area contributed by atoms with Crippen LogP contribution in [-0.2, 0) is 28.0 Å². The highest BCUT2D eigenvalue weighted by Crippen LogP contribution is 2.48. The molecule has 1 atom stereocenters. The molecule has 3 aromatic rings. The first kappa shape index (κ1) is 31.4. The smallest absolute Gasteiger partial charge is 0.127 e. The van der Waals surface area contributed by atoms with E-state index in [9.17, 15) is 4.39 Å². The van der Waals surface area contributed by atoms with Crippen molar-refractivity contribution in [2.24, 2.45) is 17.3 Å². The summed E-state index contributed by atoms with van der Waals surface area (Å²) in [6.07, 6.45) is 7.81. The molecule has 4 rings (SSSR count). The molecule has 1 unspecified atom stereocenters. The van der Waals surface area contributed by atoms with Crippen LogP contribution in [0.25, 0.3) is 11.1 Å². The Kier molecular flexibility index (Phi) is 10.1. The van der Waals surface area contributed by atoms with Crippen molar-refractivity contribution in [3.05, 3.63) is 93.8 Å². The molecular formula is C38H51FO2. The summed E-state index contributed by atoms with van der Waals surface area (Å²) in [6, 6.07) is 19.5. The molecule has 2 nitrogen and oxygen atoms in total. The topological polar surface area (TPSA) is 18.5 Å². The van der Waals surface area contributed by atoms with Gasteiger partial charge < -0.3 is 0 Å². The molecule has 0 radical (unpaired) electrons. The number of aryl methyl sites for hydroxylation is 3. The van der Waals surface area contributed by atoms with Gasteiger partial charge in [0, 0.05) is 11.8 Å². The minimum absolute atomic E-state index is 0.0506.